The van der Waals surface area contributed by atoms with Crippen LogP contribution in [0.25, 0.3) is 0 Å². The zero-order valence-corrected chi connectivity index (χ0v) is 13.5. The number of hydrogen-bond acceptors (Lipinski definition) is 4. The highest BCUT2D eigenvalue weighted by molar-refractivity contribution is 9.10. The molecule has 2 N–H and O–H groups in total. The number of methoxy groups -OCH3 is 2. The highest BCUT2D eigenvalue weighted by Gasteiger charge is 2.36. The summed E-state index contributed by atoms with van der Waals surface area (Å²) in [5.74, 6) is 1.02. The molecule has 5 heteroatoms. The van der Waals surface area contributed by atoms with Crippen LogP contribution in [0.2, 0.25) is 0 Å². The fraction of sp³-hybridized carbons (Fsp3) is 0.533. The molecule has 0 unspecified atom stereocenters. The van der Waals surface area contributed by atoms with E-state index in [1.165, 1.54) is 13.5 Å². The second kappa shape index (κ2) is 6.14. The Hall–Kier alpha value is -1.07. The molecular formula is C15H20BrNO3. The van der Waals surface area contributed by atoms with Crippen molar-refractivity contribution in [3.8, 4) is 11.5 Å². The minimum Gasteiger partial charge on any atom is -0.492 e. The van der Waals surface area contributed by atoms with Crippen molar-refractivity contribution in [1.29, 1.82) is 0 Å². The third-order valence-electron chi connectivity index (χ3n) is 4.00. The van der Waals surface area contributed by atoms with E-state index in [1.54, 1.807) is 13.2 Å². The number of aldehydes is 1. The quantitative estimate of drug-likeness (QED) is 0.852. The molecule has 1 aliphatic carbocycles. The molecule has 2 rings (SSSR count). The van der Waals surface area contributed by atoms with Crippen LogP contribution in [0.4, 0.5) is 0 Å². The average molecular weight is 342 g/mol. The molecule has 1 aliphatic rings. The lowest BCUT2D eigenvalue weighted by Crippen LogP contribution is -2.39. The van der Waals surface area contributed by atoms with Gasteiger partial charge in [-0.3, -0.25) is 4.79 Å². The topological polar surface area (TPSA) is 61.5 Å². The van der Waals surface area contributed by atoms with E-state index in [4.69, 9.17) is 15.2 Å². The minimum atomic E-state index is -0.433. The minimum absolute atomic E-state index is 0.433. The molecule has 0 spiro atoms. The molecular weight excluding hydrogens is 322 g/mol. The number of halogens is 1. The van der Waals surface area contributed by atoms with Crippen molar-refractivity contribution < 1.29 is 14.3 Å². The highest BCUT2D eigenvalue weighted by Crippen LogP contribution is 2.47. The summed E-state index contributed by atoms with van der Waals surface area (Å²) in [4.78, 5) is 11.2. The van der Waals surface area contributed by atoms with E-state index in [0.717, 1.165) is 42.0 Å². The number of benzene rings is 1. The molecule has 0 amide bonds. The first-order chi connectivity index (χ1) is 9.57. The molecule has 1 aromatic rings. The Morgan fingerprint density at radius 2 is 1.80 bits per heavy atom. The maximum absolute atomic E-state index is 11.2. The lowest BCUT2D eigenvalue weighted by molar-refractivity contribution is 0.111. The summed E-state index contributed by atoms with van der Waals surface area (Å²) in [5.41, 5.74) is 7.55. The van der Waals surface area contributed by atoms with Crippen molar-refractivity contribution in [2.24, 2.45) is 5.73 Å². The van der Waals surface area contributed by atoms with Crippen LogP contribution in [-0.2, 0) is 5.54 Å². The summed E-state index contributed by atoms with van der Waals surface area (Å²) < 4.78 is 11.7. The van der Waals surface area contributed by atoms with Crippen molar-refractivity contribution in [1.82, 2.24) is 0 Å². The van der Waals surface area contributed by atoms with Gasteiger partial charge >= 0.3 is 0 Å². The Morgan fingerprint density at radius 1 is 1.20 bits per heavy atom. The van der Waals surface area contributed by atoms with Crippen LogP contribution in [0.1, 0.15) is 48.0 Å². The first kappa shape index (κ1) is 15.3. The fourth-order valence-electron chi connectivity index (χ4n) is 3.02. The van der Waals surface area contributed by atoms with Crippen molar-refractivity contribution in [2.45, 2.75) is 37.6 Å². The number of hydrogen-bond donors (Lipinski definition) is 1. The summed E-state index contributed by atoms with van der Waals surface area (Å²) in [6.07, 6.45) is 5.99. The van der Waals surface area contributed by atoms with Gasteiger partial charge < -0.3 is 15.2 Å². The fourth-order valence-corrected chi connectivity index (χ4v) is 3.84. The van der Waals surface area contributed by atoms with E-state index in [2.05, 4.69) is 15.9 Å². The maximum Gasteiger partial charge on any atom is 0.171 e. The number of carbonyl (C=O) groups is 1. The Labute approximate surface area is 127 Å². The van der Waals surface area contributed by atoms with Crippen LogP contribution >= 0.6 is 15.9 Å². The van der Waals surface area contributed by atoms with E-state index in [-0.39, 0.29) is 0 Å². The first-order valence-corrected chi connectivity index (χ1v) is 7.55. The molecule has 1 fully saturated rings. The van der Waals surface area contributed by atoms with Crippen LogP contribution in [0.3, 0.4) is 0 Å². The van der Waals surface area contributed by atoms with Crippen LogP contribution in [0.15, 0.2) is 10.5 Å². The van der Waals surface area contributed by atoms with Gasteiger partial charge in [-0.05, 0) is 18.9 Å². The molecule has 0 saturated heterocycles. The van der Waals surface area contributed by atoms with Gasteiger partial charge in [0.05, 0.1) is 19.8 Å². The van der Waals surface area contributed by atoms with Gasteiger partial charge in [-0.2, -0.15) is 0 Å². The zero-order valence-electron chi connectivity index (χ0n) is 11.9. The lowest BCUT2D eigenvalue weighted by atomic mass is 9.76. The standard InChI is InChI=1S/C15H20BrNO3/c1-19-13-10(9-18)8-11(16)12(14(13)20-2)15(17)6-4-3-5-7-15/h8-9H,3-7,17H2,1-2H3. The van der Waals surface area contributed by atoms with Gasteiger partial charge in [0.25, 0.3) is 0 Å². The average Bonchev–Trinajstić information content (AvgIpc) is 2.46. The molecule has 0 bridgehead atoms. The Morgan fingerprint density at radius 3 is 2.30 bits per heavy atom. The van der Waals surface area contributed by atoms with Gasteiger partial charge in [0.1, 0.15) is 0 Å². The SMILES string of the molecule is COc1c(C=O)cc(Br)c(C2(N)CCCCC2)c1OC. The predicted octanol–water partition coefficient (Wildman–Crippen LogP) is 3.40. The van der Waals surface area contributed by atoms with Gasteiger partial charge in [-0.15, -0.1) is 0 Å². The lowest BCUT2D eigenvalue weighted by Gasteiger charge is -2.36. The van der Waals surface area contributed by atoms with E-state index in [1.807, 2.05) is 0 Å². The van der Waals surface area contributed by atoms with Crippen molar-refractivity contribution in [2.75, 3.05) is 14.2 Å². The number of nitrogens with two attached hydrogens (primary N) is 1. The maximum atomic E-state index is 11.2. The zero-order chi connectivity index (χ0) is 14.8. The van der Waals surface area contributed by atoms with Gasteiger partial charge in [-0.25, -0.2) is 0 Å². The van der Waals surface area contributed by atoms with Crippen molar-refractivity contribution in [3.05, 3.63) is 21.7 Å². The van der Waals surface area contributed by atoms with Crippen molar-refractivity contribution in [3.63, 3.8) is 0 Å². The second-order valence-electron chi connectivity index (χ2n) is 5.22. The molecule has 0 aliphatic heterocycles. The smallest absolute Gasteiger partial charge is 0.171 e. The Balaban J connectivity index is 2.65. The van der Waals surface area contributed by atoms with Crippen LogP contribution in [0, 0.1) is 0 Å². The number of carbonyl (C=O) groups excluding carboxylic acids is 1. The second-order valence-corrected chi connectivity index (χ2v) is 6.08. The highest BCUT2D eigenvalue weighted by atomic mass is 79.9. The van der Waals surface area contributed by atoms with Gasteiger partial charge in [0.2, 0.25) is 0 Å². The van der Waals surface area contributed by atoms with Gasteiger partial charge in [0, 0.05) is 15.6 Å². The van der Waals surface area contributed by atoms with Crippen LogP contribution in [0.5, 0.6) is 11.5 Å². The Kier molecular flexibility index (Phi) is 4.70. The normalized spacial score (nSPS) is 17.6. The molecule has 20 heavy (non-hydrogen) atoms. The van der Waals surface area contributed by atoms with E-state index in [9.17, 15) is 4.79 Å². The number of ether oxygens (including phenoxy) is 2. The van der Waals surface area contributed by atoms with E-state index < -0.39 is 5.54 Å². The molecule has 4 nitrogen and oxygen atoms in total. The molecule has 1 aromatic carbocycles. The van der Waals surface area contributed by atoms with Crippen LogP contribution < -0.4 is 15.2 Å². The molecule has 0 radical (unpaired) electrons. The summed E-state index contributed by atoms with van der Waals surface area (Å²) >= 11 is 3.54. The summed E-state index contributed by atoms with van der Waals surface area (Å²) in [6, 6.07) is 1.76. The molecule has 0 aromatic heterocycles. The largest absolute Gasteiger partial charge is 0.492 e. The van der Waals surface area contributed by atoms with Crippen LogP contribution in [-0.4, -0.2) is 20.5 Å². The molecule has 110 valence electrons. The molecule has 0 heterocycles. The monoisotopic (exact) mass is 341 g/mol. The number of rotatable bonds is 4. The summed E-state index contributed by atoms with van der Waals surface area (Å²) in [5, 5.41) is 0. The Bertz CT molecular complexity index is 510. The third kappa shape index (κ3) is 2.56. The van der Waals surface area contributed by atoms with Crippen molar-refractivity contribution >= 4 is 22.2 Å². The predicted molar refractivity (Wildman–Crippen MR) is 81.6 cm³/mol. The van der Waals surface area contributed by atoms with E-state index in [0.29, 0.717) is 17.1 Å². The molecule has 1 saturated carbocycles. The summed E-state index contributed by atoms with van der Waals surface area (Å²) in [7, 11) is 3.11. The first-order valence-electron chi connectivity index (χ1n) is 6.76. The van der Waals surface area contributed by atoms with Gasteiger partial charge in [-0.1, -0.05) is 35.2 Å². The third-order valence-corrected chi connectivity index (χ3v) is 4.62. The summed E-state index contributed by atoms with van der Waals surface area (Å²) in [6.45, 7) is 0. The van der Waals surface area contributed by atoms with E-state index >= 15 is 0 Å². The molecule has 0 atom stereocenters. The van der Waals surface area contributed by atoms with Gasteiger partial charge in [0.15, 0.2) is 17.8 Å².